The van der Waals surface area contributed by atoms with E-state index in [9.17, 15) is 24.6 Å². The van der Waals surface area contributed by atoms with Crippen molar-refractivity contribution in [3.05, 3.63) is 87.3 Å². The van der Waals surface area contributed by atoms with Crippen molar-refractivity contribution in [1.29, 1.82) is 0 Å². The number of benzene rings is 2. The van der Waals surface area contributed by atoms with Crippen molar-refractivity contribution >= 4 is 11.9 Å². The Morgan fingerprint density at radius 3 is 2.37 bits per heavy atom. The molecule has 0 radical (unpaired) electrons. The molecule has 2 aromatic carbocycles. The van der Waals surface area contributed by atoms with Crippen molar-refractivity contribution in [3.8, 4) is 17.2 Å². The lowest BCUT2D eigenvalue weighted by Gasteiger charge is -2.19. The van der Waals surface area contributed by atoms with Crippen LogP contribution in [0.5, 0.6) is 17.2 Å². The average Bonchev–Trinajstić information content (AvgIpc) is 2.85. The quantitative estimate of drug-likeness (QED) is 0.327. The summed E-state index contributed by atoms with van der Waals surface area (Å²) in [6, 6.07) is 13.4. The Hall–Kier alpha value is -4.27. The second kappa shape index (κ2) is 11.7. The molecule has 9 heteroatoms. The van der Waals surface area contributed by atoms with E-state index in [1.54, 1.807) is 55.5 Å². The molecule has 3 rings (SSSR count). The first kappa shape index (κ1) is 25.4. The van der Waals surface area contributed by atoms with Crippen molar-refractivity contribution in [2.75, 3.05) is 20.3 Å². The fourth-order valence-electron chi connectivity index (χ4n) is 3.71. The fourth-order valence-corrected chi connectivity index (χ4v) is 3.71. The van der Waals surface area contributed by atoms with Crippen LogP contribution < -0.4 is 15.6 Å². The number of carbonyl (C=O) groups is 2. The van der Waals surface area contributed by atoms with Gasteiger partial charge in [-0.15, -0.1) is 0 Å². The van der Waals surface area contributed by atoms with E-state index in [2.05, 4.69) is 10.3 Å². The van der Waals surface area contributed by atoms with Crippen LogP contribution in [-0.2, 0) is 16.0 Å². The first-order chi connectivity index (χ1) is 16.8. The summed E-state index contributed by atoms with van der Waals surface area (Å²) in [7, 11) is 1.52. The minimum atomic E-state index is -0.840. The number of aromatic hydroxyl groups is 2. The second-order valence-electron chi connectivity index (χ2n) is 7.81. The molecule has 0 saturated heterocycles. The predicted octanol–water partition coefficient (Wildman–Crippen LogP) is 2.85. The summed E-state index contributed by atoms with van der Waals surface area (Å²) < 4.78 is 10.2. The van der Waals surface area contributed by atoms with Gasteiger partial charge in [-0.25, -0.2) is 4.79 Å². The molecular weight excluding hydrogens is 452 g/mol. The van der Waals surface area contributed by atoms with Crippen LogP contribution >= 0.6 is 0 Å². The molecule has 1 atom stereocenters. The van der Waals surface area contributed by atoms with Crippen molar-refractivity contribution in [2.45, 2.75) is 25.7 Å². The molecule has 9 nitrogen and oxygen atoms in total. The largest absolute Gasteiger partial charge is 0.508 e. The lowest BCUT2D eigenvalue weighted by molar-refractivity contribution is -0.121. The Morgan fingerprint density at radius 2 is 1.74 bits per heavy atom. The summed E-state index contributed by atoms with van der Waals surface area (Å²) in [6.45, 7) is 2.06. The maximum atomic E-state index is 12.9. The summed E-state index contributed by atoms with van der Waals surface area (Å²) >= 11 is 0. The minimum Gasteiger partial charge on any atom is -0.508 e. The Kier molecular flexibility index (Phi) is 8.50. The van der Waals surface area contributed by atoms with Gasteiger partial charge in [0.25, 0.3) is 5.56 Å². The smallest absolute Gasteiger partial charge is 0.343 e. The Morgan fingerprint density at radius 1 is 1.06 bits per heavy atom. The average molecular weight is 481 g/mol. The third kappa shape index (κ3) is 6.41. The highest BCUT2D eigenvalue weighted by molar-refractivity contribution is 5.92. The van der Waals surface area contributed by atoms with Gasteiger partial charge in [0.05, 0.1) is 19.3 Å². The van der Waals surface area contributed by atoms with E-state index in [-0.39, 0.29) is 35.8 Å². The second-order valence-corrected chi connectivity index (χ2v) is 7.81. The van der Waals surface area contributed by atoms with Crippen molar-refractivity contribution in [2.24, 2.45) is 0 Å². The van der Waals surface area contributed by atoms with E-state index in [1.165, 1.54) is 7.11 Å². The molecule has 0 spiro atoms. The molecular formula is C26H28N2O7. The van der Waals surface area contributed by atoms with E-state index in [0.717, 1.165) is 11.8 Å². The van der Waals surface area contributed by atoms with Crippen LogP contribution in [-0.4, -0.2) is 47.3 Å². The van der Waals surface area contributed by atoms with Crippen LogP contribution in [0.25, 0.3) is 0 Å². The van der Waals surface area contributed by atoms with E-state index >= 15 is 0 Å². The molecule has 1 amide bonds. The maximum absolute atomic E-state index is 12.9. The molecule has 0 aliphatic heterocycles. The minimum absolute atomic E-state index is 0.0953. The SMILES string of the molecule is CCOC(=O)c1c[nH]c(=O)c([C@H](CC(=O)NCCc2ccc(O)cc2)c2ccc(OC)cc2)c1O. The van der Waals surface area contributed by atoms with Gasteiger partial charge in [0.2, 0.25) is 5.91 Å². The van der Waals surface area contributed by atoms with Gasteiger partial charge < -0.3 is 30.0 Å². The van der Waals surface area contributed by atoms with Crippen molar-refractivity contribution in [3.63, 3.8) is 0 Å². The Labute approximate surface area is 202 Å². The number of ether oxygens (including phenoxy) is 2. The van der Waals surface area contributed by atoms with Gasteiger partial charge in [0.1, 0.15) is 22.8 Å². The first-order valence-electron chi connectivity index (χ1n) is 11.1. The number of amides is 1. The number of rotatable bonds is 10. The Bertz CT molecular complexity index is 1220. The monoisotopic (exact) mass is 480 g/mol. The van der Waals surface area contributed by atoms with Gasteiger partial charge in [-0.2, -0.15) is 0 Å². The summed E-state index contributed by atoms with van der Waals surface area (Å²) in [4.78, 5) is 40.4. The molecule has 0 saturated carbocycles. The zero-order valence-corrected chi connectivity index (χ0v) is 19.5. The molecule has 0 aliphatic carbocycles. The van der Waals surface area contributed by atoms with Gasteiger partial charge in [-0.05, 0) is 48.7 Å². The van der Waals surface area contributed by atoms with E-state index in [4.69, 9.17) is 9.47 Å². The summed E-state index contributed by atoms with van der Waals surface area (Å²) in [5, 5.41) is 23.1. The van der Waals surface area contributed by atoms with Crippen LogP contribution in [0.2, 0.25) is 0 Å². The number of hydrogen-bond acceptors (Lipinski definition) is 7. The topological polar surface area (TPSA) is 138 Å². The van der Waals surface area contributed by atoms with Crippen LogP contribution in [0.15, 0.2) is 59.5 Å². The highest BCUT2D eigenvalue weighted by Gasteiger charge is 2.28. The number of H-pyrrole nitrogens is 1. The number of methoxy groups -OCH3 is 1. The zero-order chi connectivity index (χ0) is 25.4. The summed E-state index contributed by atoms with van der Waals surface area (Å²) in [5.74, 6) is -1.74. The molecule has 1 aromatic heterocycles. The number of nitrogens with one attached hydrogen (secondary N) is 2. The highest BCUT2D eigenvalue weighted by Crippen LogP contribution is 2.34. The normalized spacial score (nSPS) is 11.5. The highest BCUT2D eigenvalue weighted by atomic mass is 16.5. The molecule has 1 heterocycles. The lowest BCUT2D eigenvalue weighted by atomic mass is 9.87. The number of aromatic nitrogens is 1. The molecule has 184 valence electrons. The zero-order valence-electron chi connectivity index (χ0n) is 19.5. The van der Waals surface area contributed by atoms with Crippen LogP contribution in [0.1, 0.15) is 46.3 Å². The molecule has 0 fully saturated rings. The molecule has 0 bridgehead atoms. The number of phenolic OH excluding ortho intramolecular Hbond substituents is 1. The molecule has 35 heavy (non-hydrogen) atoms. The third-order valence-electron chi connectivity index (χ3n) is 5.53. The van der Waals surface area contributed by atoms with Gasteiger partial charge in [-0.1, -0.05) is 24.3 Å². The summed E-state index contributed by atoms with van der Waals surface area (Å²) in [6.07, 6.45) is 1.50. The molecule has 3 aromatic rings. The molecule has 0 unspecified atom stereocenters. The molecule has 0 aliphatic rings. The Balaban J connectivity index is 1.88. The third-order valence-corrected chi connectivity index (χ3v) is 5.53. The van der Waals surface area contributed by atoms with E-state index in [1.807, 2.05) is 0 Å². The maximum Gasteiger partial charge on any atom is 0.343 e. The van der Waals surface area contributed by atoms with Crippen molar-refractivity contribution in [1.82, 2.24) is 10.3 Å². The number of pyridine rings is 1. The standard InChI is InChI=1S/C26H28N2O7/c1-3-35-26(33)21-15-28-25(32)23(24(21)31)20(17-6-10-19(34-2)11-7-17)14-22(30)27-13-12-16-4-8-18(29)9-5-16/h4-11,15,20,29H,3,12-14H2,1-2H3,(H,27,30)(H2,28,31,32)/t20-/m1/s1. The van der Waals surface area contributed by atoms with E-state index in [0.29, 0.717) is 24.3 Å². The number of aromatic amines is 1. The number of esters is 1. The number of phenols is 1. The van der Waals surface area contributed by atoms with Gasteiger partial charge >= 0.3 is 5.97 Å². The van der Waals surface area contributed by atoms with Crippen LogP contribution in [0.3, 0.4) is 0 Å². The van der Waals surface area contributed by atoms with Gasteiger partial charge in [0.15, 0.2) is 0 Å². The molecule has 4 N–H and O–H groups in total. The predicted molar refractivity (Wildman–Crippen MR) is 129 cm³/mol. The first-order valence-corrected chi connectivity index (χ1v) is 11.1. The number of hydrogen-bond donors (Lipinski definition) is 4. The lowest BCUT2D eigenvalue weighted by Crippen LogP contribution is -2.29. The van der Waals surface area contributed by atoms with Crippen LogP contribution in [0, 0.1) is 0 Å². The van der Waals surface area contributed by atoms with Gasteiger partial charge in [0, 0.05) is 25.1 Å². The van der Waals surface area contributed by atoms with E-state index < -0.39 is 23.2 Å². The fraction of sp³-hybridized carbons (Fsp3) is 0.269. The van der Waals surface area contributed by atoms with Gasteiger partial charge in [-0.3, -0.25) is 9.59 Å². The summed E-state index contributed by atoms with van der Waals surface area (Å²) in [5.41, 5.74) is 0.614. The number of carbonyl (C=O) groups excluding carboxylic acids is 2. The van der Waals surface area contributed by atoms with Crippen molar-refractivity contribution < 1.29 is 29.3 Å². The van der Waals surface area contributed by atoms with Crippen LogP contribution in [0.4, 0.5) is 0 Å².